The number of hydrogen-bond donors (Lipinski definition) is 0. The third-order valence-corrected chi connectivity index (χ3v) is 2.03. The third-order valence-electron chi connectivity index (χ3n) is 1.13. The van der Waals surface area contributed by atoms with Gasteiger partial charge in [0, 0.05) is 6.92 Å². The average molecular weight is 139 g/mol. The quantitative estimate of drug-likeness (QED) is 0.543. The van der Waals surface area contributed by atoms with Gasteiger partial charge in [-0.05, 0) is 18.3 Å². The van der Waals surface area contributed by atoms with Crippen LogP contribution in [0.3, 0.4) is 0 Å². The molecule has 0 N–H and O–H groups in total. The lowest BCUT2D eigenvalue weighted by atomic mass is 10.3. The Morgan fingerprint density at radius 2 is 2.22 bits per heavy atom. The van der Waals surface area contributed by atoms with E-state index in [-0.39, 0.29) is 0 Å². The lowest BCUT2D eigenvalue weighted by molar-refractivity contribution is 1.21. The van der Waals surface area contributed by atoms with Crippen LogP contribution in [-0.2, 0) is 0 Å². The van der Waals surface area contributed by atoms with Crippen molar-refractivity contribution in [3.05, 3.63) is 28.9 Å². The average Bonchev–Trinajstić information content (AvgIpc) is 2.10. The summed E-state index contributed by atoms with van der Waals surface area (Å²) in [6, 6.07) is 0. The Kier molecular flexibility index (Phi) is 1.76. The van der Waals surface area contributed by atoms with Gasteiger partial charge in [0.2, 0.25) is 5.69 Å². The van der Waals surface area contributed by atoms with Crippen molar-refractivity contribution in [2.24, 2.45) is 0 Å². The normalized spacial score (nSPS) is 9.67. The highest BCUT2D eigenvalue weighted by Gasteiger charge is 2.07. The molecule has 0 saturated carbocycles. The monoisotopic (exact) mass is 139 g/mol. The van der Waals surface area contributed by atoms with Crippen LogP contribution in [0.5, 0.6) is 0 Å². The Morgan fingerprint density at radius 1 is 1.56 bits per heavy atom. The third kappa shape index (κ3) is 1.24. The molecule has 0 saturated heterocycles. The first kappa shape index (κ1) is 6.62. The van der Waals surface area contributed by atoms with E-state index in [1.54, 1.807) is 17.8 Å². The van der Waals surface area contributed by atoms with E-state index in [4.69, 9.17) is 0 Å². The minimum Gasteiger partial charge on any atom is -0.229 e. The van der Waals surface area contributed by atoms with Crippen molar-refractivity contribution in [3.63, 3.8) is 0 Å². The van der Waals surface area contributed by atoms with E-state index in [1.807, 2.05) is 6.92 Å². The Morgan fingerprint density at radius 3 is 2.44 bits per heavy atom. The molecule has 0 amide bonds. The number of aromatic nitrogens is 1. The molecular weight excluding hydrogens is 130 g/mol. The van der Waals surface area contributed by atoms with Crippen molar-refractivity contribution in [1.82, 2.24) is 4.98 Å². The van der Waals surface area contributed by atoms with Gasteiger partial charge in [-0.25, -0.2) is 11.9 Å². The summed E-state index contributed by atoms with van der Waals surface area (Å²) in [6.07, 6.45) is 1.79. The molecule has 0 radical (unpaired) electrons. The zero-order valence-corrected chi connectivity index (χ0v) is 6.46. The van der Waals surface area contributed by atoms with Crippen LogP contribution >= 0.6 is 11.3 Å². The van der Waals surface area contributed by atoms with Crippen molar-refractivity contribution in [2.45, 2.75) is 13.8 Å². The molecule has 1 nitrogen and oxygen atoms in total. The molecule has 0 atom stereocenters. The first-order valence-corrected chi connectivity index (χ1v) is 3.62. The van der Waals surface area contributed by atoms with Crippen LogP contribution in [0.2, 0.25) is 0 Å². The summed E-state index contributed by atoms with van der Waals surface area (Å²) >= 11 is 1.71. The Bertz CT molecular complexity index is 203. The van der Waals surface area contributed by atoms with Gasteiger partial charge in [0.15, 0.2) is 4.88 Å². The smallest absolute Gasteiger partial charge is 0.202 e. The second-order valence-electron chi connectivity index (χ2n) is 1.88. The molecule has 1 heterocycles. The first-order chi connectivity index (χ1) is 4.24. The maximum absolute atomic E-state index is 4.23. The second kappa shape index (κ2) is 2.40. The molecule has 0 fully saturated rings. The molecule has 1 aromatic heterocycles. The molecule has 0 unspecified atom stereocenters. The summed E-state index contributed by atoms with van der Waals surface area (Å²) in [6.45, 7) is 7.71. The van der Waals surface area contributed by atoms with Gasteiger partial charge in [0.25, 0.3) is 0 Å². The van der Waals surface area contributed by atoms with E-state index >= 15 is 0 Å². The van der Waals surface area contributed by atoms with Crippen LogP contribution in [0.4, 0.5) is 0 Å². The van der Waals surface area contributed by atoms with Crippen LogP contribution < -0.4 is 0 Å². The van der Waals surface area contributed by atoms with E-state index < -0.39 is 0 Å². The molecule has 48 valence electrons. The van der Waals surface area contributed by atoms with Crippen LogP contribution in [0.1, 0.15) is 15.6 Å². The molecular formula is C7H9NS. The molecule has 0 aliphatic carbocycles. The number of hydrogen-bond acceptors (Lipinski definition) is 2. The van der Waals surface area contributed by atoms with Gasteiger partial charge >= 0.3 is 0 Å². The molecule has 0 aliphatic heterocycles. The lowest BCUT2D eigenvalue weighted by Crippen LogP contribution is -1.78. The van der Waals surface area contributed by atoms with Gasteiger partial charge < -0.3 is 0 Å². The van der Waals surface area contributed by atoms with E-state index in [1.165, 1.54) is 4.88 Å². The minimum absolute atomic E-state index is 1.03. The maximum Gasteiger partial charge on any atom is 0.202 e. The molecule has 0 aliphatic rings. The summed E-state index contributed by atoms with van der Waals surface area (Å²) in [5, 5.41) is 1.11. The Balaban J connectivity index is 3.01. The summed E-state index contributed by atoms with van der Waals surface area (Å²) in [5.41, 5.74) is 1.03. The molecule has 1 rings (SSSR count). The highest BCUT2D eigenvalue weighted by Crippen LogP contribution is 2.16. The van der Waals surface area contributed by atoms with Gasteiger partial charge in [-0.1, -0.05) is 6.42 Å². The van der Waals surface area contributed by atoms with Gasteiger partial charge in [-0.15, -0.1) is 0 Å². The molecule has 2 heteroatoms. The summed E-state index contributed by atoms with van der Waals surface area (Å²) < 4.78 is 0. The predicted octanol–water partition coefficient (Wildman–Crippen LogP) is 2.15. The summed E-state index contributed by atoms with van der Waals surface area (Å²) in [5.74, 6) is 0. The van der Waals surface area contributed by atoms with Crippen LogP contribution in [-0.4, -0.2) is 4.98 Å². The van der Waals surface area contributed by atoms with Crippen molar-refractivity contribution >= 4 is 11.3 Å². The van der Waals surface area contributed by atoms with Gasteiger partial charge in [-0.3, -0.25) is 0 Å². The molecule has 9 heavy (non-hydrogen) atoms. The molecule has 0 spiro atoms. The van der Waals surface area contributed by atoms with Crippen molar-refractivity contribution < 1.29 is 0 Å². The first-order valence-electron chi connectivity index (χ1n) is 2.80. The summed E-state index contributed by atoms with van der Waals surface area (Å²) in [4.78, 5) is 5.48. The predicted molar refractivity (Wildman–Crippen MR) is 40.3 cm³/mol. The number of thiazole rings is 1. The van der Waals surface area contributed by atoms with Crippen molar-refractivity contribution in [1.29, 1.82) is 0 Å². The van der Waals surface area contributed by atoms with Gasteiger partial charge in [0.1, 0.15) is 5.01 Å². The Labute approximate surface area is 59.8 Å². The Hall–Kier alpha value is -0.500. The second-order valence-corrected chi connectivity index (χ2v) is 3.29. The van der Waals surface area contributed by atoms with Crippen molar-refractivity contribution in [2.75, 3.05) is 0 Å². The molecule has 1 aromatic rings. The van der Waals surface area contributed by atoms with Crippen molar-refractivity contribution in [3.8, 4) is 0 Å². The standard InChI is InChI=1S/C7H9NS/c1-4-7-5(2)9-6(3)8-7/h4H,1H2,2-3H3. The lowest BCUT2D eigenvalue weighted by Gasteiger charge is -1.80. The van der Waals surface area contributed by atoms with E-state index in [9.17, 15) is 0 Å². The van der Waals surface area contributed by atoms with Gasteiger partial charge in [0.05, 0.1) is 0 Å². The minimum atomic E-state index is 1.03. The zero-order valence-electron chi connectivity index (χ0n) is 5.64. The fourth-order valence-electron chi connectivity index (χ4n) is 0.734. The highest BCUT2D eigenvalue weighted by molar-refractivity contribution is 7.11. The van der Waals surface area contributed by atoms with E-state index in [2.05, 4.69) is 18.8 Å². The van der Waals surface area contributed by atoms with E-state index in [0.29, 0.717) is 0 Å². The SMILES string of the molecule is [CH2-][CH+]c1nc(C)sc1C. The topological polar surface area (TPSA) is 12.9 Å². The zero-order chi connectivity index (χ0) is 6.85. The number of rotatable bonds is 1. The number of aryl methyl sites for hydroxylation is 2. The fourth-order valence-corrected chi connectivity index (χ4v) is 1.56. The van der Waals surface area contributed by atoms with E-state index in [0.717, 1.165) is 10.7 Å². The fraction of sp³-hybridized carbons (Fsp3) is 0.286. The number of nitrogens with zero attached hydrogens (tertiary/aromatic N) is 1. The highest BCUT2D eigenvalue weighted by atomic mass is 32.1. The molecule has 0 aromatic carbocycles. The molecule has 0 bridgehead atoms. The largest absolute Gasteiger partial charge is 0.229 e. The van der Waals surface area contributed by atoms with Crippen LogP contribution in [0.15, 0.2) is 0 Å². The van der Waals surface area contributed by atoms with Crippen LogP contribution in [0, 0.1) is 27.2 Å². The summed E-state index contributed by atoms with van der Waals surface area (Å²) in [7, 11) is 0. The maximum atomic E-state index is 4.23. The van der Waals surface area contributed by atoms with Gasteiger partial charge in [-0.2, -0.15) is 0 Å². The van der Waals surface area contributed by atoms with Crippen LogP contribution in [0.25, 0.3) is 0 Å².